The Kier molecular flexibility index (Phi) is 6.62. The second kappa shape index (κ2) is 10.1. The van der Waals surface area contributed by atoms with Gasteiger partial charge >= 0.3 is 0 Å². The Bertz CT molecular complexity index is 1510. The molecule has 0 atom stereocenters. The van der Waals surface area contributed by atoms with E-state index in [4.69, 9.17) is 16.6 Å². The van der Waals surface area contributed by atoms with E-state index in [1.165, 1.54) is 32.4 Å². The Morgan fingerprint density at radius 3 is 2.44 bits per heavy atom. The lowest BCUT2D eigenvalue weighted by Crippen LogP contribution is -2.58. The predicted octanol–water partition coefficient (Wildman–Crippen LogP) is 5.58. The van der Waals surface area contributed by atoms with E-state index >= 15 is 0 Å². The van der Waals surface area contributed by atoms with E-state index in [-0.39, 0.29) is 23.9 Å². The Morgan fingerprint density at radius 1 is 1.02 bits per heavy atom. The first-order valence-electron chi connectivity index (χ1n) is 15.3. The van der Waals surface area contributed by atoms with Gasteiger partial charge in [-0.15, -0.1) is 0 Å². The van der Waals surface area contributed by atoms with Gasteiger partial charge in [0.1, 0.15) is 5.52 Å². The zero-order chi connectivity index (χ0) is 28.5. The molecule has 1 spiro atoms. The van der Waals surface area contributed by atoms with Crippen molar-refractivity contribution in [1.29, 1.82) is 0 Å². The third-order valence-electron chi connectivity index (χ3n) is 10.2. The molecule has 41 heavy (non-hydrogen) atoms. The van der Waals surface area contributed by atoms with Gasteiger partial charge in [-0.3, -0.25) is 9.59 Å². The monoisotopic (exact) mass is 574 g/mol. The standard InChI is InChI=1S/C32H39ClN6O2/c1-20(2)38-19-34-27-18-26(35-30(33)29(27)38)22-7-8-25-28(15-22)39(24-16-23(17-24)37-11-5-4-6-12-37)31(41)32(25)9-13-36(14-10-32)21(3)40/h7-8,15,18-20,23-24H,4-6,9-14,16-17H2,1-3H3. The van der Waals surface area contributed by atoms with Crippen LogP contribution in [0.2, 0.25) is 5.15 Å². The van der Waals surface area contributed by atoms with Crippen molar-refractivity contribution in [2.75, 3.05) is 31.1 Å². The van der Waals surface area contributed by atoms with Crippen molar-refractivity contribution in [2.24, 2.45) is 0 Å². The molecule has 3 aliphatic heterocycles. The summed E-state index contributed by atoms with van der Waals surface area (Å²) in [6, 6.07) is 9.36. The fourth-order valence-electron chi connectivity index (χ4n) is 7.70. The average Bonchev–Trinajstić information content (AvgIpc) is 3.48. The van der Waals surface area contributed by atoms with Gasteiger partial charge in [0.05, 0.1) is 23.0 Å². The number of pyridine rings is 1. The topological polar surface area (TPSA) is 74.6 Å². The first-order chi connectivity index (χ1) is 19.8. The number of carbonyl (C=O) groups excluding carboxylic acids is 2. The molecule has 5 heterocycles. The first kappa shape index (κ1) is 26.9. The molecule has 4 aliphatic rings. The van der Waals surface area contributed by atoms with Gasteiger partial charge in [-0.1, -0.05) is 30.2 Å². The fraction of sp³-hybridized carbons (Fsp3) is 0.562. The highest BCUT2D eigenvalue weighted by molar-refractivity contribution is 6.34. The van der Waals surface area contributed by atoms with E-state index in [1.54, 1.807) is 6.92 Å². The lowest BCUT2D eigenvalue weighted by Gasteiger charge is -2.48. The summed E-state index contributed by atoms with van der Waals surface area (Å²) in [6.07, 6.45) is 9.08. The normalized spacial score (nSPS) is 24.4. The number of anilines is 1. The van der Waals surface area contributed by atoms with E-state index in [0.717, 1.165) is 46.4 Å². The number of rotatable bonds is 4. The van der Waals surface area contributed by atoms with Gasteiger partial charge in [0.15, 0.2) is 5.15 Å². The Labute approximate surface area is 246 Å². The van der Waals surface area contributed by atoms with Crippen molar-refractivity contribution in [3.05, 3.63) is 41.3 Å². The molecule has 9 heteroatoms. The maximum Gasteiger partial charge on any atom is 0.238 e. The number of fused-ring (bicyclic) bond motifs is 3. The molecule has 1 saturated carbocycles. The van der Waals surface area contributed by atoms with Crippen molar-refractivity contribution in [3.63, 3.8) is 0 Å². The number of halogens is 1. The van der Waals surface area contributed by atoms with Crippen LogP contribution in [0.4, 0.5) is 5.69 Å². The van der Waals surface area contributed by atoms with E-state index < -0.39 is 5.41 Å². The smallest absolute Gasteiger partial charge is 0.238 e. The molecular weight excluding hydrogens is 536 g/mol. The number of carbonyl (C=O) groups is 2. The van der Waals surface area contributed by atoms with Gasteiger partial charge in [0.25, 0.3) is 0 Å². The van der Waals surface area contributed by atoms with E-state index in [2.05, 4.69) is 46.8 Å². The van der Waals surface area contributed by atoms with Crippen LogP contribution in [0.15, 0.2) is 30.6 Å². The Morgan fingerprint density at radius 2 is 1.76 bits per heavy atom. The van der Waals surface area contributed by atoms with Crippen LogP contribution < -0.4 is 4.90 Å². The van der Waals surface area contributed by atoms with Gasteiger partial charge in [0.2, 0.25) is 11.8 Å². The minimum atomic E-state index is -0.568. The summed E-state index contributed by atoms with van der Waals surface area (Å²) in [7, 11) is 0. The number of hydrogen-bond acceptors (Lipinski definition) is 5. The van der Waals surface area contributed by atoms with Crippen molar-refractivity contribution >= 4 is 40.1 Å². The molecule has 1 aromatic carbocycles. The minimum Gasteiger partial charge on any atom is -0.343 e. The molecule has 0 radical (unpaired) electrons. The molecule has 2 aromatic heterocycles. The van der Waals surface area contributed by atoms with Gasteiger partial charge in [-0.2, -0.15) is 0 Å². The number of imidazole rings is 1. The van der Waals surface area contributed by atoms with Crippen LogP contribution >= 0.6 is 11.6 Å². The maximum atomic E-state index is 14.4. The van der Waals surface area contributed by atoms with Crippen molar-refractivity contribution in [3.8, 4) is 11.3 Å². The molecule has 1 aliphatic carbocycles. The van der Waals surface area contributed by atoms with Gasteiger partial charge in [0, 0.05) is 49.4 Å². The molecule has 7 rings (SSSR count). The zero-order valence-corrected chi connectivity index (χ0v) is 25.0. The number of aromatic nitrogens is 3. The Hall–Kier alpha value is -2.97. The largest absolute Gasteiger partial charge is 0.343 e. The number of likely N-dealkylation sites (tertiary alicyclic amines) is 2. The van der Waals surface area contributed by atoms with Gasteiger partial charge in [-0.25, -0.2) is 9.97 Å². The summed E-state index contributed by atoms with van der Waals surface area (Å²) < 4.78 is 2.05. The zero-order valence-electron chi connectivity index (χ0n) is 24.3. The molecule has 2 saturated heterocycles. The van der Waals surface area contributed by atoms with Crippen LogP contribution in [0, 0.1) is 0 Å². The molecule has 0 unspecified atom stereocenters. The van der Waals surface area contributed by atoms with Gasteiger partial charge in [-0.05, 0) is 83.2 Å². The lowest BCUT2D eigenvalue weighted by molar-refractivity contribution is -0.134. The second-order valence-corrected chi connectivity index (χ2v) is 13.1. The summed E-state index contributed by atoms with van der Waals surface area (Å²) >= 11 is 6.73. The first-order valence-corrected chi connectivity index (χ1v) is 15.7. The highest BCUT2D eigenvalue weighted by atomic mass is 35.5. The highest BCUT2D eigenvalue weighted by Gasteiger charge is 2.55. The molecular formula is C32H39ClN6O2. The van der Waals surface area contributed by atoms with E-state index in [0.29, 0.717) is 37.1 Å². The quantitative estimate of drug-likeness (QED) is 0.381. The molecule has 216 valence electrons. The van der Waals surface area contributed by atoms with Crippen molar-refractivity contribution < 1.29 is 9.59 Å². The summed E-state index contributed by atoms with van der Waals surface area (Å²) in [4.78, 5) is 42.6. The Balaban J connectivity index is 1.25. The molecule has 0 N–H and O–H groups in total. The second-order valence-electron chi connectivity index (χ2n) is 12.8. The fourth-order valence-corrected chi connectivity index (χ4v) is 7.99. The average molecular weight is 575 g/mol. The van der Waals surface area contributed by atoms with Crippen molar-refractivity contribution in [1.82, 2.24) is 24.3 Å². The molecule has 0 bridgehead atoms. The number of hydrogen-bond donors (Lipinski definition) is 0. The van der Waals surface area contributed by atoms with E-state index in [1.807, 2.05) is 21.9 Å². The number of benzene rings is 1. The maximum absolute atomic E-state index is 14.4. The molecule has 3 aromatic rings. The molecule has 2 amide bonds. The van der Waals surface area contributed by atoms with E-state index in [9.17, 15) is 9.59 Å². The predicted molar refractivity (Wildman–Crippen MR) is 161 cm³/mol. The van der Waals surface area contributed by atoms with Crippen LogP contribution in [-0.2, 0) is 15.0 Å². The summed E-state index contributed by atoms with van der Waals surface area (Å²) in [5.74, 6) is 0.298. The summed E-state index contributed by atoms with van der Waals surface area (Å²) in [6.45, 7) is 9.41. The number of amides is 2. The lowest BCUT2D eigenvalue weighted by atomic mass is 9.73. The third-order valence-corrected chi connectivity index (χ3v) is 10.4. The van der Waals surface area contributed by atoms with Crippen LogP contribution in [0.1, 0.15) is 77.3 Å². The number of nitrogens with zero attached hydrogens (tertiary/aromatic N) is 6. The van der Waals surface area contributed by atoms with Crippen LogP contribution in [0.3, 0.4) is 0 Å². The third kappa shape index (κ3) is 4.28. The summed E-state index contributed by atoms with van der Waals surface area (Å²) in [5.41, 5.74) is 4.91. The highest BCUT2D eigenvalue weighted by Crippen LogP contribution is 2.52. The van der Waals surface area contributed by atoms with Crippen LogP contribution in [-0.4, -0.2) is 74.4 Å². The van der Waals surface area contributed by atoms with Crippen LogP contribution in [0.5, 0.6) is 0 Å². The number of piperidine rings is 2. The van der Waals surface area contributed by atoms with Crippen molar-refractivity contribution in [2.45, 2.75) is 89.3 Å². The molecule has 3 fully saturated rings. The SMILES string of the molecule is CC(=O)N1CCC2(CC1)C(=O)N(C1CC(N3CCCCC3)C1)c1cc(-c3cc4ncn(C(C)C)c4c(Cl)n3)ccc12. The summed E-state index contributed by atoms with van der Waals surface area (Å²) in [5, 5.41) is 0.438. The van der Waals surface area contributed by atoms with Gasteiger partial charge < -0.3 is 19.3 Å². The minimum absolute atomic E-state index is 0.0827. The molecule has 8 nitrogen and oxygen atoms in total. The van der Waals surface area contributed by atoms with Crippen LogP contribution in [0.25, 0.3) is 22.3 Å².